The van der Waals surface area contributed by atoms with Gasteiger partial charge >= 0.3 is 0 Å². The second-order valence-corrected chi connectivity index (χ2v) is 5.72. The summed E-state index contributed by atoms with van der Waals surface area (Å²) in [6, 6.07) is 5.88. The van der Waals surface area contributed by atoms with Gasteiger partial charge in [0, 0.05) is 6.04 Å². The molecule has 0 bridgehead atoms. The number of benzene rings is 1. The van der Waals surface area contributed by atoms with E-state index in [4.69, 9.17) is 4.74 Å². The topological polar surface area (TPSA) is 21.3 Å². The Hall–Kier alpha value is -1.09. The second kappa shape index (κ2) is 7.63. The molecule has 1 unspecified atom stereocenters. The number of ether oxygens (including phenoxy) is 1. The van der Waals surface area contributed by atoms with Crippen LogP contribution in [0.5, 0.6) is 5.75 Å². The predicted molar refractivity (Wildman–Crippen MR) is 80.7 cm³/mol. The van der Waals surface area contributed by atoms with Gasteiger partial charge in [-0.25, -0.2) is 4.39 Å². The molecule has 0 aromatic heterocycles. The van der Waals surface area contributed by atoms with Gasteiger partial charge in [0.1, 0.15) is 0 Å². The lowest BCUT2D eigenvalue weighted by Gasteiger charge is -2.24. The number of halogens is 1. The first-order valence-corrected chi connectivity index (χ1v) is 7.80. The van der Waals surface area contributed by atoms with Gasteiger partial charge in [-0.2, -0.15) is 0 Å². The molecule has 112 valence electrons. The summed E-state index contributed by atoms with van der Waals surface area (Å²) in [6.07, 6.45) is 7.43. The molecular formula is C17H26FNO. The van der Waals surface area contributed by atoms with Crippen LogP contribution in [0.2, 0.25) is 0 Å². The summed E-state index contributed by atoms with van der Waals surface area (Å²) in [4.78, 5) is 0. The summed E-state index contributed by atoms with van der Waals surface area (Å²) >= 11 is 0. The van der Waals surface area contributed by atoms with Gasteiger partial charge in [-0.1, -0.05) is 25.8 Å². The minimum atomic E-state index is -0.258. The molecule has 1 fully saturated rings. The number of rotatable bonds is 7. The maximum absolute atomic E-state index is 13.7. The molecule has 20 heavy (non-hydrogen) atoms. The largest absolute Gasteiger partial charge is 0.494 e. The van der Waals surface area contributed by atoms with Crippen LogP contribution in [0.1, 0.15) is 44.6 Å². The summed E-state index contributed by atoms with van der Waals surface area (Å²) in [7, 11) is 1.50. The smallest absolute Gasteiger partial charge is 0.165 e. The van der Waals surface area contributed by atoms with Gasteiger partial charge < -0.3 is 10.1 Å². The van der Waals surface area contributed by atoms with Crippen molar-refractivity contribution in [3.05, 3.63) is 29.6 Å². The lowest BCUT2D eigenvalue weighted by Crippen LogP contribution is -2.35. The van der Waals surface area contributed by atoms with Crippen molar-refractivity contribution in [2.24, 2.45) is 5.92 Å². The van der Waals surface area contributed by atoms with Crippen molar-refractivity contribution in [3.63, 3.8) is 0 Å². The van der Waals surface area contributed by atoms with Crippen LogP contribution < -0.4 is 10.1 Å². The molecule has 1 aromatic rings. The van der Waals surface area contributed by atoms with Crippen LogP contribution in [0.4, 0.5) is 4.39 Å². The third kappa shape index (κ3) is 3.95. The third-order valence-electron chi connectivity index (χ3n) is 4.40. The highest BCUT2D eigenvalue weighted by Crippen LogP contribution is 2.30. The molecule has 0 saturated heterocycles. The highest BCUT2D eigenvalue weighted by atomic mass is 19.1. The van der Waals surface area contributed by atoms with Gasteiger partial charge in [-0.15, -0.1) is 0 Å². The van der Waals surface area contributed by atoms with Crippen LogP contribution in [0.15, 0.2) is 18.2 Å². The molecular weight excluding hydrogens is 253 g/mol. The fourth-order valence-electron chi connectivity index (χ4n) is 3.31. The average Bonchev–Trinajstić information content (AvgIpc) is 2.97. The first kappa shape index (κ1) is 15.3. The number of methoxy groups -OCH3 is 1. The van der Waals surface area contributed by atoms with Crippen LogP contribution in [0, 0.1) is 11.7 Å². The van der Waals surface area contributed by atoms with Crippen LogP contribution in [0.3, 0.4) is 0 Å². The van der Waals surface area contributed by atoms with Gasteiger partial charge in [0.2, 0.25) is 0 Å². The summed E-state index contributed by atoms with van der Waals surface area (Å²) in [5.74, 6) is 0.872. The SMILES string of the molecule is CCNC(CCc1ccc(OC)c(F)c1)C1CCCC1. The van der Waals surface area contributed by atoms with E-state index in [0.717, 1.165) is 30.9 Å². The van der Waals surface area contributed by atoms with Crippen LogP contribution in [0.25, 0.3) is 0 Å². The van der Waals surface area contributed by atoms with Crippen LogP contribution >= 0.6 is 0 Å². The van der Waals surface area contributed by atoms with Gasteiger partial charge in [-0.05, 0) is 55.8 Å². The highest BCUT2D eigenvalue weighted by molar-refractivity contribution is 5.29. The van der Waals surface area contributed by atoms with Crippen molar-refractivity contribution in [1.82, 2.24) is 5.32 Å². The Balaban J connectivity index is 1.92. The zero-order valence-electron chi connectivity index (χ0n) is 12.6. The van der Waals surface area contributed by atoms with Crippen LogP contribution in [-0.2, 0) is 6.42 Å². The minimum absolute atomic E-state index is 0.258. The molecule has 0 heterocycles. The normalized spacial score (nSPS) is 17.4. The molecule has 1 N–H and O–H groups in total. The summed E-state index contributed by atoms with van der Waals surface area (Å²) in [6.45, 7) is 3.17. The standard InChI is InChI=1S/C17H26FNO/c1-3-19-16(14-6-4-5-7-14)10-8-13-9-11-17(20-2)15(18)12-13/h9,11-12,14,16,19H,3-8,10H2,1-2H3. The Kier molecular flexibility index (Phi) is 5.84. The Morgan fingerprint density at radius 2 is 2.10 bits per heavy atom. The highest BCUT2D eigenvalue weighted by Gasteiger charge is 2.23. The Labute approximate surface area is 121 Å². The molecule has 0 aliphatic heterocycles. The molecule has 3 heteroatoms. The molecule has 1 aliphatic rings. The molecule has 2 rings (SSSR count). The predicted octanol–water partition coefficient (Wildman–Crippen LogP) is 3.94. The summed E-state index contributed by atoms with van der Waals surface area (Å²) in [5, 5.41) is 3.61. The maximum atomic E-state index is 13.7. The van der Waals surface area contributed by atoms with Gasteiger partial charge in [0.15, 0.2) is 11.6 Å². The van der Waals surface area contributed by atoms with E-state index < -0.39 is 0 Å². The average molecular weight is 279 g/mol. The quantitative estimate of drug-likeness (QED) is 0.816. The van der Waals surface area contributed by atoms with Crippen molar-refractivity contribution < 1.29 is 9.13 Å². The van der Waals surface area contributed by atoms with E-state index in [0.29, 0.717) is 11.8 Å². The first-order chi connectivity index (χ1) is 9.74. The van der Waals surface area contributed by atoms with Crippen molar-refractivity contribution in [2.45, 2.75) is 51.5 Å². The monoisotopic (exact) mass is 279 g/mol. The van der Waals surface area contributed by atoms with Crippen LogP contribution in [-0.4, -0.2) is 19.7 Å². The van der Waals surface area contributed by atoms with E-state index in [9.17, 15) is 4.39 Å². The second-order valence-electron chi connectivity index (χ2n) is 5.72. The van der Waals surface area contributed by atoms with E-state index in [2.05, 4.69) is 12.2 Å². The lowest BCUT2D eigenvalue weighted by molar-refractivity contribution is 0.345. The Morgan fingerprint density at radius 3 is 2.70 bits per heavy atom. The van der Waals surface area contributed by atoms with Gasteiger partial charge in [-0.3, -0.25) is 0 Å². The molecule has 1 atom stereocenters. The summed E-state index contributed by atoms with van der Waals surface area (Å²) in [5.41, 5.74) is 1.06. The Bertz CT molecular complexity index is 415. The molecule has 0 spiro atoms. The van der Waals surface area contributed by atoms with Crippen molar-refractivity contribution in [1.29, 1.82) is 0 Å². The fourth-order valence-corrected chi connectivity index (χ4v) is 3.31. The van der Waals surface area contributed by atoms with Crippen molar-refractivity contribution in [3.8, 4) is 5.75 Å². The number of aryl methyl sites for hydroxylation is 1. The molecule has 0 radical (unpaired) electrons. The molecule has 1 saturated carbocycles. The van der Waals surface area contributed by atoms with E-state index in [-0.39, 0.29) is 5.82 Å². The fraction of sp³-hybridized carbons (Fsp3) is 0.647. The number of nitrogens with one attached hydrogen (secondary N) is 1. The maximum Gasteiger partial charge on any atom is 0.165 e. The van der Waals surface area contributed by atoms with Crippen molar-refractivity contribution >= 4 is 0 Å². The summed E-state index contributed by atoms with van der Waals surface area (Å²) < 4.78 is 18.6. The minimum Gasteiger partial charge on any atom is -0.494 e. The lowest BCUT2D eigenvalue weighted by atomic mass is 9.92. The number of hydrogen-bond acceptors (Lipinski definition) is 2. The van der Waals surface area contributed by atoms with E-state index in [1.54, 1.807) is 12.1 Å². The molecule has 2 nitrogen and oxygen atoms in total. The molecule has 0 amide bonds. The molecule has 1 aliphatic carbocycles. The molecule has 1 aromatic carbocycles. The van der Waals surface area contributed by atoms with E-state index in [1.807, 2.05) is 6.07 Å². The van der Waals surface area contributed by atoms with E-state index in [1.165, 1.54) is 32.8 Å². The third-order valence-corrected chi connectivity index (χ3v) is 4.40. The van der Waals surface area contributed by atoms with Gasteiger partial charge in [0.05, 0.1) is 7.11 Å². The van der Waals surface area contributed by atoms with Gasteiger partial charge in [0.25, 0.3) is 0 Å². The zero-order valence-corrected chi connectivity index (χ0v) is 12.6. The first-order valence-electron chi connectivity index (χ1n) is 7.80. The van der Waals surface area contributed by atoms with Crippen molar-refractivity contribution in [2.75, 3.05) is 13.7 Å². The Morgan fingerprint density at radius 1 is 1.35 bits per heavy atom. The number of hydrogen-bond donors (Lipinski definition) is 1. The zero-order chi connectivity index (χ0) is 14.4. The van der Waals surface area contributed by atoms with E-state index >= 15 is 0 Å².